The molecule has 16 nitrogen and oxygen atoms in total. The molecule has 0 saturated carbocycles. The average Bonchev–Trinajstić information content (AvgIpc) is 3.15. The molecule has 0 atom stereocenters. The van der Waals surface area contributed by atoms with Crippen molar-refractivity contribution < 1.29 is 56.8 Å². The fourth-order valence-corrected chi connectivity index (χ4v) is 5.60. The van der Waals surface area contributed by atoms with Gasteiger partial charge < -0.3 is 56.8 Å². The maximum absolute atomic E-state index is 5.70. The van der Waals surface area contributed by atoms with Gasteiger partial charge in [0.2, 0.25) is 0 Å². The van der Waals surface area contributed by atoms with Crippen LogP contribution in [-0.2, 0) is 56.8 Å². The number of hydrogen-bond acceptors (Lipinski definition) is 16. The summed E-state index contributed by atoms with van der Waals surface area (Å²) in [5.74, 6) is 0. The Kier molecular flexibility index (Phi) is 30.6. The van der Waals surface area contributed by atoms with E-state index in [2.05, 4.69) is 19.6 Å². The van der Waals surface area contributed by atoms with Crippen LogP contribution in [0.15, 0.2) is 0 Å². The summed E-state index contributed by atoms with van der Waals surface area (Å²) in [6.45, 7) is 26.4. The van der Waals surface area contributed by atoms with E-state index in [1.165, 1.54) is 0 Å². The van der Waals surface area contributed by atoms with Crippen molar-refractivity contribution in [3.8, 4) is 0 Å². The van der Waals surface area contributed by atoms with Gasteiger partial charge >= 0.3 is 0 Å². The van der Waals surface area contributed by atoms with Crippen molar-refractivity contribution in [3.05, 3.63) is 0 Å². The Morgan fingerprint density at radius 2 is 0.231 bits per heavy atom. The summed E-state index contributed by atoms with van der Waals surface area (Å²) < 4.78 is 68.4. The molecule has 0 N–H and O–H groups in total. The monoisotopic (exact) mass is 753 g/mol. The molecule has 0 aromatic carbocycles. The average molecular weight is 753 g/mol. The van der Waals surface area contributed by atoms with E-state index in [1.54, 1.807) is 0 Å². The van der Waals surface area contributed by atoms with Gasteiger partial charge in [0.1, 0.15) is 0 Å². The highest BCUT2D eigenvalue weighted by Gasteiger charge is 2.11. The zero-order valence-electron chi connectivity index (χ0n) is 32.1. The first-order valence-electron chi connectivity index (χ1n) is 19.7. The maximum Gasteiger partial charge on any atom is 0.0701 e. The fraction of sp³-hybridized carbons (Fsp3) is 1.00. The van der Waals surface area contributed by atoms with Crippen molar-refractivity contribution in [1.29, 1.82) is 0 Å². The van der Waals surface area contributed by atoms with Crippen LogP contribution in [0.25, 0.3) is 0 Å². The summed E-state index contributed by atoms with van der Waals surface area (Å²) in [6.07, 6.45) is 0. The van der Waals surface area contributed by atoms with Crippen LogP contribution in [0, 0.1) is 0 Å². The van der Waals surface area contributed by atoms with E-state index in [0.717, 1.165) is 78.5 Å². The fourth-order valence-electron chi connectivity index (χ4n) is 5.60. The Bertz CT molecular complexity index is 553. The van der Waals surface area contributed by atoms with Gasteiger partial charge in [-0.3, -0.25) is 19.6 Å². The molecule has 6 aliphatic heterocycles. The molecule has 0 spiro atoms. The first-order valence-corrected chi connectivity index (χ1v) is 19.7. The Morgan fingerprint density at radius 1 is 0.135 bits per heavy atom. The highest BCUT2D eigenvalue weighted by atomic mass is 16.5. The Balaban J connectivity index is 0.000000280. The van der Waals surface area contributed by atoms with E-state index in [-0.39, 0.29) is 0 Å². The molecule has 0 unspecified atom stereocenters. The Labute approximate surface area is 313 Å². The molecule has 0 radical (unpaired) electrons. The predicted molar refractivity (Wildman–Crippen MR) is 196 cm³/mol. The molecule has 52 heavy (non-hydrogen) atoms. The molecule has 6 heterocycles. The third-order valence-corrected chi connectivity index (χ3v) is 8.85. The number of nitrogens with zero attached hydrogens (tertiary/aromatic N) is 4. The Morgan fingerprint density at radius 3 is 0.327 bits per heavy atom. The molecular weight excluding hydrogens is 680 g/mol. The minimum Gasteiger partial charge on any atom is -0.378 e. The highest BCUT2D eigenvalue weighted by Crippen LogP contribution is 1.98. The second kappa shape index (κ2) is 34.8. The van der Waals surface area contributed by atoms with Gasteiger partial charge in [0.15, 0.2) is 0 Å². The van der Waals surface area contributed by atoms with E-state index in [0.29, 0.717) is 159 Å². The van der Waals surface area contributed by atoms with Crippen molar-refractivity contribution >= 4 is 0 Å². The quantitative estimate of drug-likeness (QED) is 0.314. The minimum atomic E-state index is 0.632. The van der Waals surface area contributed by atoms with Crippen LogP contribution in [0.4, 0.5) is 0 Å². The molecule has 0 aliphatic carbocycles. The van der Waals surface area contributed by atoms with Crippen LogP contribution in [0.5, 0.6) is 0 Å². The molecule has 6 saturated heterocycles. The van der Waals surface area contributed by atoms with E-state index >= 15 is 0 Å². The SMILES string of the molecule is C1COCCN2CCOCCOCCN(CCO1)CCOCCOCC2.C1COCCN2CCOCCOCCN(CCO1)CCOCCOCC2. The van der Waals surface area contributed by atoms with Crippen LogP contribution in [0.3, 0.4) is 0 Å². The predicted octanol–water partition coefficient (Wildman–Crippen LogP) is -0.566. The number of fused-ring (bicyclic) bond motifs is 42. The molecule has 4 bridgehead atoms. The minimum absolute atomic E-state index is 0.632. The van der Waals surface area contributed by atoms with Gasteiger partial charge in [0.05, 0.1) is 159 Å². The first-order chi connectivity index (χ1) is 25.9. The van der Waals surface area contributed by atoms with Crippen LogP contribution in [-0.4, -0.2) is 257 Å². The standard InChI is InChI=1S/2C18H36N2O6/c2*1-7-21-13-14-24-10-4-20-5-11-25-17-15-22-8-2-19(1)3-9-23-16-18-26-12-6-20/h2*1-18H2. The largest absolute Gasteiger partial charge is 0.378 e. The molecule has 6 aliphatic rings. The van der Waals surface area contributed by atoms with E-state index in [4.69, 9.17) is 56.8 Å². The number of hydrogen-bond donors (Lipinski definition) is 0. The number of ether oxygens (including phenoxy) is 12. The second-order valence-electron chi connectivity index (χ2n) is 12.7. The number of rotatable bonds is 0. The topological polar surface area (TPSA) is 124 Å². The molecule has 6 fully saturated rings. The lowest BCUT2D eigenvalue weighted by Gasteiger charge is -2.24. The normalized spacial score (nSPS) is 30.5. The third-order valence-electron chi connectivity index (χ3n) is 8.85. The van der Waals surface area contributed by atoms with Crippen LogP contribution in [0.2, 0.25) is 0 Å². The van der Waals surface area contributed by atoms with Gasteiger partial charge in [0.25, 0.3) is 0 Å². The van der Waals surface area contributed by atoms with Crippen molar-refractivity contribution in [2.24, 2.45) is 0 Å². The maximum atomic E-state index is 5.70. The van der Waals surface area contributed by atoms with Crippen LogP contribution in [0.1, 0.15) is 0 Å². The van der Waals surface area contributed by atoms with Crippen molar-refractivity contribution in [2.75, 3.05) is 237 Å². The van der Waals surface area contributed by atoms with Crippen LogP contribution < -0.4 is 0 Å². The summed E-state index contributed by atoms with van der Waals surface area (Å²) in [4.78, 5) is 9.25. The molecule has 0 amide bonds. The lowest BCUT2D eigenvalue weighted by Crippen LogP contribution is -2.36. The van der Waals surface area contributed by atoms with Crippen molar-refractivity contribution in [2.45, 2.75) is 0 Å². The summed E-state index contributed by atoms with van der Waals surface area (Å²) >= 11 is 0. The van der Waals surface area contributed by atoms with Gasteiger partial charge in [0, 0.05) is 78.5 Å². The lowest BCUT2D eigenvalue weighted by atomic mass is 10.4. The second-order valence-corrected chi connectivity index (χ2v) is 12.7. The van der Waals surface area contributed by atoms with Crippen molar-refractivity contribution in [1.82, 2.24) is 19.6 Å². The Hall–Kier alpha value is -0.640. The van der Waals surface area contributed by atoms with Gasteiger partial charge in [-0.1, -0.05) is 0 Å². The summed E-state index contributed by atoms with van der Waals surface area (Å²) in [6, 6.07) is 0. The highest BCUT2D eigenvalue weighted by molar-refractivity contribution is 4.61. The summed E-state index contributed by atoms with van der Waals surface area (Å²) in [5, 5.41) is 0. The van der Waals surface area contributed by atoms with Gasteiger partial charge in [-0.2, -0.15) is 0 Å². The van der Waals surface area contributed by atoms with E-state index < -0.39 is 0 Å². The molecule has 0 aromatic rings. The molecule has 16 heteroatoms. The molecule has 6 rings (SSSR count). The molecule has 308 valence electrons. The zero-order valence-corrected chi connectivity index (χ0v) is 32.1. The van der Waals surface area contributed by atoms with E-state index in [9.17, 15) is 0 Å². The zero-order chi connectivity index (χ0) is 36.3. The summed E-state index contributed by atoms with van der Waals surface area (Å²) in [7, 11) is 0. The third kappa shape index (κ3) is 27.0. The van der Waals surface area contributed by atoms with Gasteiger partial charge in [-0.25, -0.2) is 0 Å². The molecular formula is C36H72N4O12. The lowest BCUT2D eigenvalue weighted by molar-refractivity contribution is -0.0103. The summed E-state index contributed by atoms with van der Waals surface area (Å²) in [5.41, 5.74) is 0. The molecule has 0 aromatic heterocycles. The first kappa shape index (κ1) is 45.7. The smallest absolute Gasteiger partial charge is 0.0701 e. The van der Waals surface area contributed by atoms with Gasteiger partial charge in [-0.15, -0.1) is 0 Å². The van der Waals surface area contributed by atoms with Crippen molar-refractivity contribution in [3.63, 3.8) is 0 Å². The van der Waals surface area contributed by atoms with Crippen LogP contribution >= 0.6 is 0 Å². The van der Waals surface area contributed by atoms with E-state index in [1.807, 2.05) is 0 Å². The van der Waals surface area contributed by atoms with Gasteiger partial charge in [-0.05, 0) is 0 Å².